The summed E-state index contributed by atoms with van der Waals surface area (Å²) in [6.07, 6.45) is 98.7. The molecule has 0 saturated carbocycles. The van der Waals surface area contributed by atoms with E-state index in [0.717, 1.165) is 167 Å². The van der Waals surface area contributed by atoms with Gasteiger partial charge in [0.15, 0.2) is 6.10 Å². The van der Waals surface area contributed by atoms with E-state index < -0.39 is 6.10 Å². The van der Waals surface area contributed by atoms with E-state index in [9.17, 15) is 14.4 Å². The third-order valence-electron chi connectivity index (χ3n) is 12.1. The van der Waals surface area contributed by atoms with Crippen LogP contribution in [0, 0.1) is 0 Å². The summed E-state index contributed by atoms with van der Waals surface area (Å²) in [5, 5.41) is 0. The lowest BCUT2D eigenvalue weighted by Crippen LogP contribution is -2.30. The van der Waals surface area contributed by atoms with Crippen molar-refractivity contribution in [3.05, 3.63) is 194 Å². The molecule has 0 rings (SSSR count). The van der Waals surface area contributed by atoms with Crippen molar-refractivity contribution >= 4 is 17.9 Å². The van der Waals surface area contributed by atoms with Gasteiger partial charge in [0.05, 0.1) is 0 Å². The Labute approximate surface area is 484 Å². The van der Waals surface area contributed by atoms with Crippen molar-refractivity contribution in [3.8, 4) is 0 Å². The van der Waals surface area contributed by atoms with Gasteiger partial charge >= 0.3 is 17.9 Å². The lowest BCUT2D eigenvalue weighted by Gasteiger charge is -2.18. The molecular weight excluding hydrogens is 973 g/mol. The summed E-state index contributed by atoms with van der Waals surface area (Å²) in [4.78, 5) is 38.2. The van der Waals surface area contributed by atoms with Crippen molar-refractivity contribution in [3.63, 3.8) is 0 Å². The van der Waals surface area contributed by atoms with Crippen molar-refractivity contribution in [2.45, 2.75) is 232 Å². The first-order chi connectivity index (χ1) is 39.0. The first-order valence-corrected chi connectivity index (χ1v) is 30.9. The highest BCUT2D eigenvalue weighted by molar-refractivity contribution is 5.71. The quantitative estimate of drug-likeness (QED) is 0.0261. The number of esters is 3. The summed E-state index contributed by atoms with van der Waals surface area (Å²) in [6.45, 7) is 6.19. The molecule has 0 bridgehead atoms. The SMILES string of the molecule is CC/C=C\C/C=C\C/C=C\C/C=C\C/C=C\C/C=C\C/C=C\C/C=C\C/C=C\CCCC(=O)OCC(COC(=O)CCCCC/C=C\C/C=C\C/C=C\CC)OC(=O)CCCCCCCC/C=C\C/C=C\C/C=C\C/C=C\CC. The number of hydrogen-bond acceptors (Lipinski definition) is 6. The van der Waals surface area contributed by atoms with Gasteiger partial charge in [0.25, 0.3) is 0 Å². The van der Waals surface area contributed by atoms with Crippen LogP contribution < -0.4 is 0 Å². The van der Waals surface area contributed by atoms with Crippen LogP contribution >= 0.6 is 0 Å². The minimum absolute atomic E-state index is 0.128. The molecule has 0 N–H and O–H groups in total. The van der Waals surface area contributed by atoms with Gasteiger partial charge < -0.3 is 14.2 Å². The van der Waals surface area contributed by atoms with Gasteiger partial charge in [0, 0.05) is 19.3 Å². The molecular formula is C73H110O6. The van der Waals surface area contributed by atoms with Crippen molar-refractivity contribution in [2.24, 2.45) is 0 Å². The number of carbonyl (C=O) groups is 3. The Morgan fingerprint density at radius 3 is 0.772 bits per heavy atom. The third kappa shape index (κ3) is 63.0. The van der Waals surface area contributed by atoms with Crippen LogP contribution in [0.15, 0.2) is 194 Å². The van der Waals surface area contributed by atoms with E-state index in [-0.39, 0.29) is 44.0 Å². The largest absolute Gasteiger partial charge is 0.462 e. The van der Waals surface area contributed by atoms with E-state index >= 15 is 0 Å². The number of carbonyl (C=O) groups excluding carboxylic acids is 3. The molecule has 6 nitrogen and oxygen atoms in total. The van der Waals surface area contributed by atoms with Gasteiger partial charge in [-0.25, -0.2) is 0 Å². The maximum Gasteiger partial charge on any atom is 0.306 e. The Balaban J connectivity index is 4.52. The predicted octanol–water partition coefficient (Wildman–Crippen LogP) is 21.4. The zero-order valence-electron chi connectivity index (χ0n) is 50.0. The van der Waals surface area contributed by atoms with Crippen LogP contribution in [0.4, 0.5) is 0 Å². The second-order valence-electron chi connectivity index (χ2n) is 19.5. The van der Waals surface area contributed by atoms with Crippen molar-refractivity contribution < 1.29 is 28.6 Å². The molecule has 0 aliphatic carbocycles. The lowest BCUT2D eigenvalue weighted by atomic mass is 10.1. The summed E-state index contributed by atoms with van der Waals surface area (Å²) in [5.74, 6) is -1.04. The average Bonchev–Trinajstić information content (AvgIpc) is 3.45. The number of ether oxygens (including phenoxy) is 3. The Kier molecular flexibility index (Phi) is 60.1. The maximum absolute atomic E-state index is 12.9. The zero-order chi connectivity index (χ0) is 57.1. The highest BCUT2D eigenvalue weighted by Crippen LogP contribution is 2.12. The summed E-state index contributed by atoms with van der Waals surface area (Å²) < 4.78 is 16.8. The van der Waals surface area contributed by atoms with E-state index in [2.05, 4.69) is 215 Å². The van der Waals surface area contributed by atoms with E-state index in [1.54, 1.807) is 0 Å². The number of allylic oxidation sites excluding steroid dienone is 32. The van der Waals surface area contributed by atoms with Crippen LogP contribution in [0.5, 0.6) is 0 Å². The van der Waals surface area contributed by atoms with Gasteiger partial charge in [-0.2, -0.15) is 0 Å². The van der Waals surface area contributed by atoms with Crippen molar-refractivity contribution in [2.75, 3.05) is 13.2 Å². The molecule has 1 unspecified atom stereocenters. The number of hydrogen-bond donors (Lipinski definition) is 0. The minimum atomic E-state index is -0.834. The average molecular weight is 1080 g/mol. The fraction of sp³-hybridized carbons (Fsp3) is 0.521. The smallest absolute Gasteiger partial charge is 0.306 e. The molecule has 0 aliphatic rings. The molecule has 0 aliphatic heterocycles. The molecule has 6 heteroatoms. The van der Waals surface area contributed by atoms with Crippen LogP contribution in [0.2, 0.25) is 0 Å². The van der Waals surface area contributed by atoms with Gasteiger partial charge in [-0.3, -0.25) is 14.4 Å². The molecule has 1 atom stereocenters. The highest BCUT2D eigenvalue weighted by Gasteiger charge is 2.19. The molecule has 0 amide bonds. The zero-order valence-corrected chi connectivity index (χ0v) is 50.0. The Morgan fingerprint density at radius 2 is 0.468 bits per heavy atom. The molecule has 0 radical (unpaired) electrons. The molecule has 0 fully saturated rings. The van der Waals surface area contributed by atoms with E-state index in [1.165, 1.54) is 12.8 Å². The van der Waals surface area contributed by atoms with Gasteiger partial charge in [-0.15, -0.1) is 0 Å². The van der Waals surface area contributed by atoms with Gasteiger partial charge in [0.1, 0.15) is 13.2 Å². The first-order valence-electron chi connectivity index (χ1n) is 30.9. The van der Waals surface area contributed by atoms with Gasteiger partial charge in [0.2, 0.25) is 0 Å². The predicted molar refractivity (Wildman–Crippen MR) is 343 cm³/mol. The Hall–Kier alpha value is -5.75. The highest BCUT2D eigenvalue weighted by atomic mass is 16.6. The molecule has 0 saturated heterocycles. The summed E-state index contributed by atoms with van der Waals surface area (Å²) in [5.41, 5.74) is 0. The number of rotatable bonds is 53. The maximum atomic E-state index is 12.9. The monoisotopic (exact) mass is 1080 g/mol. The molecule has 0 heterocycles. The molecule has 438 valence electrons. The molecule has 0 aromatic heterocycles. The Morgan fingerprint density at radius 1 is 0.253 bits per heavy atom. The molecule has 0 spiro atoms. The second kappa shape index (κ2) is 64.8. The normalized spacial score (nSPS) is 13.5. The fourth-order valence-corrected chi connectivity index (χ4v) is 7.57. The third-order valence-corrected chi connectivity index (χ3v) is 12.1. The van der Waals surface area contributed by atoms with Crippen LogP contribution in [0.1, 0.15) is 226 Å². The summed E-state index contributed by atoms with van der Waals surface area (Å²) in [6, 6.07) is 0. The topological polar surface area (TPSA) is 78.9 Å². The Bertz CT molecular complexity index is 1920. The fourth-order valence-electron chi connectivity index (χ4n) is 7.57. The number of unbranched alkanes of at least 4 members (excludes halogenated alkanes) is 10. The summed E-state index contributed by atoms with van der Waals surface area (Å²) in [7, 11) is 0. The van der Waals surface area contributed by atoms with Gasteiger partial charge in [-0.1, -0.05) is 247 Å². The van der Waals surface area contributed by atoms with Crippen molar-refractivity contribution in [1.29, 1.82) is 0 Å². The molecule has 79 heavy (non-hydrogen) atoms. The second-order valence-corrected chi connectivity index (χ2v) is 19.5. The van der Waals surface area contributed by atoms with E-state index in [0.29, 0.717) is 12.8 Å². The van der Waals surface area contributed by atoms with Gasteiger partial charge in [-0.05, 0) is 154 Å². The van der Waals surface area contributed by atoms with Crippen LogP contribution in [0.3, 0.4) is 0 Å². The first kappa shape index (κ1) is 73.2. The van der Waals surface area contributed by atoms with E-state index in [4.69, 9.17) is 14.2 Å². The van der Waals surface area contributed by atoms with Crippen LogP contribution in [-0.4, -0.2) is 37.2 Å². The van der Waals surface area contributed by atoms with Crippen molar-refractivity contribution in [1.82, 2.24) is 0 Å². The molecule has 0 aromatic rings. The van der Waals surface area contributed by atoms with Crippen LogP contribution in [0.25, 0.3) is 0 Å². The summed E-state index contributed by atoms with van der Waals surface area (Å²) >= 11 is 0. The molecule has 0 aromatic carbocycles. The minimum Gasteiger partial charge on any atom is -0.462 e. The lowest BCUT2D eigenvalue weighted by molar-refractivity contribution is -0.167. The standard InChI is InChI=1S/C73H110O6/c1-4-7-10-13-16-19-22-25-27-29-31-32-33-34-35-36-37-38-39-40-42-43-45-48-51-54-57-60-63-66-72(75)78-69-70(68-77-71(74)65-62-59-56-53-50-47-24-21-18-15-12-9-6-3)79-73(76)67-64-61-58-55-52-49-46-44-41-30-28-26-23-20-17-14-11-8-5-2/h7-12,16-21,25-28,31-32,34-35,37-38,40-42,44-45,47-48,50,54,57,70H,4-6,13-15,22-24,29-30,33,36,39,43,46,49,51-53,55-56,58-69H2,1-3H3/b10-7-,11-8-,12-9-,19-16-,20-17-,21-18-,27-25-,28-26-,32-31-,35-34-,38-37-,42-40-,44-41-,48-45-,50-47-,57-54-. The van der Waals surface area contributed by atoms with E-state index in [1.807, 2.05) is 0 Å². The van der Waals surface area contributed by atoms with Crippen LogP contribution in [-0.2, 0) is 28.6 Å².